The molecule has 0 radical (unpaired) electrons. The van der Waals surface area contributed by atoms with Gasteiger partial charge in [0.1, 0.15) is 5.82 Å². The molecule has 2 aromatic carbocycles. The van der Waals surface area contributed by atoms with Crippen LogP contribution in [0.4, 0.5) is 4.39 Å². The second-order valence-electron chi connectivity index (χ2n) is 5.58. The van der Waals surface area contributed by atoms with E-state index < -0.39 is 12.0 Å². The first-order chi connectivity index (χ1) is 12.0. The Labute approximate surface area is 143 Å². The summed E-state index contributed by atoms with van der Waals surface area (Å²) in [7, 11) is 0. The molecule has 3 rings (SSSR count). The van der Waals surface area contributed by atoms with Gasteiger partial charge in [0.25, 0.3) is 5.91 Å². The van der Waals surface area contributed by atoms with Crippen LogP contribution in [0.25, 0.3) is 5.69 Å². The Hall–Kier alpha value is -3.06. The number of aryl methyl sites for hydroxylation is 1. The molecule has 6 nitrogen and oxygen atoms in total. The minimum absolute atomic E-state index is 0.0626. The topological polar surface area (TPSA) is 80.0 Å². The molecule has 0 aliphatic carbocycles. The smallest absolute Gasteiger partial charge is 0.273 e. The second kappa shape index (κ2) is 7.23. The summed E-state index contributed by atoms with van der Waals surface area (Å²) in [5.41, 5.74) is 2.37. The van der Waals surface area contributed by atoms with Crippen LogP contribution in [0.2, 0.25) is 0 Å². The summed E-state index contributed by atoms with van der Waals surface area (Å²) in [4.78, 5) is 13.4. The molecule has 1 atom stereocenters. The van der Waals surface area contributed by atoms with Crippen molar-refractivity contribution < 1.29 is 14.3 Å². The van der Waals surface area contributed by atoms with Crippen molar-refractivity contribution >= 4 is 5.91 Å². The lowest BCUT2D eigenvalue weighted by Crippen LogP contribution is -2.29. The molecule has 25 heavy (non-hydrogen) atoms. The van der Waals surface area contributed by atoms with E-state index >= 15 is 0 Å². The van der Waals surface area contributed by atoms with Gasteiger partial charge >= 0.3 is 0 Å². The molecule has 1 unspecified atom stereocenters. The number of hydrogen-bond acceptors (Lipinski definition) is 4. The highest BCUT2D eigenvalue weighted by Crippen LogP contribution is 2.16. The van der Waals surface area contributed by atoms with Crippen molar-refractivity contribution in [2.75, 3.05) is 6.54 Å². The van der Waals surface area contributed by atoms with Crippen molar-refractivity contribution in [1.29, 1.82) is 0 Å². The molecule has 0 aliphatic heterocycles. The van der Waals surface area contributed by atoms with Gasteiger partial charge in [-0.25, -0.2) is 4.39 Å². The van der Waals surface area contributed by atoms with Gasteiger partial charge in [0, 0.05) is 6.54 Å². The highest BCUT2D eigenvalue weighted by molar-refractivity contribution is 5.91. The third kappa shape index (κ3) is 3.89. The fraction of sp³-hybridized carbons (Fsp3) is 0.167. The quantitative estimate of drug-likeness (QED) is 0.746. The zero-order valence-electron chi connectivity index (χ0n) is 13.6. The second-order valence-corrected chi connectivity index (χ2v) is 5.58. The van der Waals surface area contributed by atoms with Crippen molar-refractivity contribution in [1.82, 2.24) is 20.3 Å². The summed E-state index contributed by atoms with van der Waals surface area (Å²) in [6.07, 6.45) is 0.510. The third-order valence-corrected chi connectivity index (χ3v) is 3.79. The van der Waals surface area contributed by atoms with Crippen LogP contribution >= 0.6 is 0 Å². The van der Waals surface area contributed by atoms with Crippen LogP contribution < -0.4 is 5.32 Å². The van der Waals surface area contributed by atoms with E-state index in [1.165, 1.54) is 35.3 Å². The van der Waals surface area contributed by atoms with E-state index in [-0.39, 0.29) is 18.1 Å². The number of nitrogens with one attached hydrogen (secondary N) is 1. The summed E-state index contributed by atoms with van der Waals surface area (Å²) in [5, 5.41) is 20.9. The monoisotopic (exact) mass is 340 g/mol. The maximum Gasteiger partial charge on any atom is 0.273 e. The van der Waals surface area contributed by atoms with Crippen LogP contribution in [0.1, 0.15) is 27.7 Å². The fourth-order valence-electron chi connectivity index (χ4n) is 2.42. The largest absolute Gasteiger partial charge is 0.387 e. The first-order valence-electron chi connectivity index (χ1n) is 7.74. The average Bonchev–Trinajstić information content (AvgIpc) is 3.10. The van der Waals surface area contributed by atoms with Gasteiger partial charge in [-0.15, -0.1) is 5.10 Å². The fourth-order valence-corrected chi connectivity index (χ4v) is 2.42. The molecule has 2 N–H and O–H groups in total. The molecule has 0 fully saturated rings. The van der Waals surface area contributed by atoms with Crippen LogP contribution in [0, 0.1) is 12.7 Å². The number of carbonyl (C=O) groups excluding carboxylic acids is 1. The van der Waals surface area contributed by atoms with E-state index in [4.69, 9.17) is 0 Å². The number of halogens is 1. The summed E-state index contributed by atoms with van der Waals surface area (Å²) in [5.74, 6) is -0.805. The number of carbonyl (C=O) groups is 1. The molecule has 3 aromatic rings. The van der Waals surface area contributed by atoms with Crippen molar-refractivity contribution in [2.45, 2.75) is 13.0 Å². The van der Waals surface area contributed by atoms with Crippen LogP contribution in [0.5, 0.6) is 0 Å². The number of amides is 1. The van der Waals surface area contributed by atoms with Gasteiger partial charge in [-0.2, -0.15) is 9.90 Å². The van der Waals surface area contributed by atoms with Crippen LogP contribution in [0.3, 0.4) is 0 Å². The van der Waals surface area contributed by atoms with Crippen LogP contribution in [-0.4, -0.2) is 32.6 Å². The number of aromatic nitrogens is 3. The summed E-state index contributed by atoms with van der Waals surface area (Å²) in [6, 6.07) is 13.0. The molecule has 0 saturated carbocycles. The molecular formula is C18H17FN4O2. The molecular weight excluding hydrogens is 323 g/mol. The minimum Gasteiger partial charge on any atom is -0.387 e. The number of aliphatic hydroxyl groups excluding tert-OH is 1. The SMILES string of the molecule is Cc1ccccc1C(O)CNC(=O)c1cnn(-c2ccc(F)cc2)n1. The molecule has 0 spiro atoms. The summed E-state index contributed by atoms with van der Waals surface area (Å²) in [6.45, 7) is 1.96. The van der Waals surface area contributed by atoms with Crippen molar-refractivity contribution in [3.8, 4) is 5.69 Å². The van der Waals surface area contributed by atoms with Gasteiger partial charge in [-0.05, 0) is 42.3 Å². The highest BCUT2D eigenvalue weighted by atomic mass is 19.1. The summed E-state index contributed by atoms with van der Waals surface area (Å²) >= 11 is 0. The molecule has 0 bridgehead atoms. The number of rotatable bonds is 5. The van der Waals surface area contributed by atoms with Crippen molar-refractivity contribution in [3.05, 3.63) is 77.4 Å². The van der Waals surface area contributed by atoms with Crippen molar-refractivity contribution in [3.63, 3.8) is 0 Å². The molecule has 1 amide bonds. The van der Waals surface area contributed by atoms with Gasteiger partial charge in [0.05, 0.1) is 18.0 Å². The van der Waals surface area contributed by atoms with E-state index in [1.54, 1.807) is 0 Å². The van der Waals surface area contributed by atoms with Gasteiger partial charge in [-0.3, -0.25) is 4.79 Å². The van der Waals surface area contributed by atoms with E-state index in [9.17, 15) is 14.3 Å². The minimum atomic E-state index is -0.808. The molecule has 1 heterocycles. The number of benzene rings is 2. The van der Waals surface area contributed by atoms with Gasteiger partial charge < -0.3 is 10.4 Å². The van der Waals surface area contributed by atoms with Gasteiger partial charge in [0.2, 0.25) is 0 Å². The average molecular weight is 340 g/mol. The zero-order chi connectivity index (χ0) is 17.8. The van der Waals surface area contributed by atoms with E-state index in [2.05, 4.69) is 15.5 Å². The van der Waals surface area contributed by atoms with E-state index in [0.29, 0.717) is 5.69 Å². The van der Waals surface area contributed by atoms with Gasteiger partial charge in [0.15, 0.2) is 5.69 Å². The Bertz CT molecular complexity index is 877. The lowest BCUT2D eigenvalue weighted by atomic mass is 10.0. The van der Waals surface area contributed by atoms with Crippen LogP contribution in [0.15, 0.2) is 54.7 Å². The first-order valence-corrected chi connectivity index (χ1v) is 7.74. The first kappa shape index (κ1) is 16.8. The molecule has 1 aromatic heterocycles. The van der Waals surface area contributed by atoms with Gasteiger partial charge in [-0.1, -0.05) is 24.3 Å². The van der Waals surface area contributed by atoms with E-state index in [1.807, 2.05) is 31.2 Å². The standard InChI is InChI=1S/C18H17FN4O2/c1-12-4-2-3-5-15(12)17(24)11-20-18(25)16-10-21-23(22-16)14-8-6-13(19)7-9-14/h2-10,17,24H,11H2,1H3,(H,20,25). The lowest BCUT2D eigenvalue weighted by Gasteiger charge is -2.13. The highest BCUT2D eigenvalue weighted by Gasteiger charge is 2.15. The predicted molar refractivity (Wildman–Crippen MR) is 89.8 cm³/mol. The molecule has 0 aliphatic rings. The van der Waals surface area contributed by atoms with Crippen LogP contribution in [-0.2, 0) is 0 Å². The molecule has 7 heteroatoms. The molecule has 128 valence electrons. The van der Waals surface area contributed by atoms with E-state index in [0.717, 1.165) is 11.1 Å². The Balaban J connectivity index is 1.64. The Morgan fingerprint density at radius 1 is 1.24 bits per heavy atom. The third-order valence-electron chi connectivity index (χ3n) is 3.79. The summed E-state index contributed by atoms with van der Waals surface area (Å²) < 4.78 is 12.9. The number of aliphatic hydroxyl groups is 1. The Morgan fingerprint density at radius 3 is 2.68 bits per heavy atom. The Kier molecular flexibility index (Phi) is 4.85. The maximum atomic E-state index is 12.9. The molecule has 0 saturated heterocycles. The predicted octanol–water partition coefficient (Wildman–Crippen LogP) is 2.18. The number of hydrogen-bond donors (Lipinski definition) is 2. The normalized spacial score (nSPS) is 12.0. The number of nitrogens with zero attached hydrogens (tertiary/aromatic N) is 3. The van der Waals surface area contributed by atoms with Crippen molar-refractivity contribution in [2.24, 2.45) is 0 Å². The lowest BCUT2D eigenvalue weighted by molar-refractivity contribution is 0.0910. The maximum absolute atomic E-state index is 12.9. The Morgan fingerprint density at radius 2 is 1.96 bits per heavy atom. The zero-order valence-corrected chi connectivity index (χ0v) is 13.6.